The Bertz CT molecular complexity index is 1230. The highest BCUT2D eigenvalue weighted by Gasteiger charge is 2.34. The molecular formula is C24H24F3N3O4S. The Hall–Kier alpha value is -3.18. The molecule has 2 atom stereocenters. The van der Waals surface area contributed by atoms with Gasteiger partial charge in [0.2, 0.25) is 0 Å². The lowest BCUT2D eigenvalue weighted by Crippen LogP contribution is -2.33. The van der Waals surface area contributed by atoms with Gasteiger partial charge < -0.3 is 4.74 Å². The molecule has 0 saturated carbocycles. The first-order valence-electron chi connectivity index (χ1n) is 11.1. The smallest absolute Gasteiger partial charge is 0.417 e. The fourth-order valence-electron chi connectivity index (χ4n) is 4.45. The first-order valence-corrected chi connectivity index (χ1v) is 12.1. The molecule has 0 aliphatic heterocycles. The largest absolute Gasteiger partial charge is 0.465 e. The van der Waals surface area contributed by atoms with Crippen LogP contribution in [0.4, 0.5) is 18.9 Å². The van der Waals surface area contributed by atoms with Gasteiger partial charge in [-0.05, 0) is 55.5 Å². The number of hydrogen-bond acceptors (Lipinski definition) is 4. The van der Waals surface area contributed by atoms with E-state index < -0.39 is 35.0 Å². The Morgan fingerprint density at radius 1 is 1.23 bits per heavy atom. The van der Waals surface area contributed by atoms with Crippen molar-refractivity contribution in [2.24, 2.45) is 0 Å². The first-order chi connectivity index (χ1) is 16.7. The first kappa shape index (κ1) is 24.9. The number of ether oxygens (including phenoxy) is 1. The maximum Gasteiger partial charge on any atom is 0.417 e. The predicted molar refractivity (Wildman–Crippen MR) is 125 cm³/mol. The number of benzene rings is 2. The lowest BCUT2D eigenvalue weighted by Gasteiger charge is -2.33. The van der Waals surface area contributed by atoms with Crippen LogP contribution in [0.25, 0.3) is 11.1 Å². The number of hydrogen-bond donors (Lipinski definition) is 1. The Morgan fingerprint density at radius 2 is 1.94 bits per heavy atom. The van der Waals surface area contributed by atoms with Crippen molar-refractivity contribution in [3.05, 3.63) is 71.5 Å². The highest BCUT2D eigenvalue weighted by molar-refractivity contribution is 7.80. The number of fused-ring (bicyclic) bond motifs is 1. The normalized spacial score (nSPS) is 16.4. The minimum atomic E-state index is -4.50. The van der Waals surface area contributed by atoms with Crippen LogP contribution in [0, 0.1) is 0 Å². The van der Waals surface area contributed by atoms with Gasteiger partial charge in [-0.1, -0.05) is 30.3 Å². The minimum absolute atomic E-state index is 0.0309. The highest BCUT2D eigenvalue weighted by atomic mass is 32.2. The Labute approximate surface area is 202 Å². The third-order valence-corrected chi connectivity index (χ3v) is 6.73. The van der Waals surface area contributed by atoms with Crippen LogP contribution in [0.1, 0.15) is 42.6 Å². The number of nitrogens with zero attached hydrogens (tertiary/aromatic N) is 3. The van der Waals surface area contributed by atoms with E-state index in [1.165, 1.54) is 46.8 Å². The molecule has 4 rings (SSSR count). The average molecular weight is 508 g/mol. The second-order valence-electron chi connectivity index (χ2n) is 8.06. The number of carbonyl (C=O) groups is 1. The van der Waals surface area contributed by atoms with Crippen LogP contribution in [-0.2, 0) is 39.9 Å². The van der Waals surface area contributed by atoms with E-state index in [1.807, 2.05) is 0 Å². The average Bonchev–Trinajstić information content (AvgIpc) is 3.22. The second kappa shape index (κ2) is 10.2. The number of halogens is 3. The van der Waals surface area contributed by atoms with E-state index in [1.54, 1.807) is 17.8 Å². The zero-order valence-electron chi connectivity index (χ0n) is 18.9. The summed E-state index contributed by atoms with van der Waals surface area (Å²) in [6.07, 6.45) is -0.980. The molecule has 3 aromatic rings. The van der Waals surface area contributed by atoms with Crippen molar-refractivity contribution in [1.82, 2.24) is 9.78 Å². The van der Waals surface area contributed by atoms with Gasteiger partial charge in [0, 0.05) is 11.3 Å². The van der Waals surface area contributed by atoms with Gasteiger partial charge in [-0.2, -0.15) is 18.3 Å². The predicted octanol–water partition coefficient (Wildman–Crippen LogP) is 5.15. The van der Waals surface area contributed by atoms with Gasteiger partial charge >= 0.3 is 12.1 Å². The molecule has 1 N–H and O–H groups in total. The molecule has 1 aromatic heterocycles. The molecule has 2 aromatic carbocycles. The molecule has 0 amide bonds. The number of aromatic nitrogens is 2. The van der Waals surface area contributed by atoms with Crippen molar-refractivity contribution in [3.8, 4) is 11.1 Å². The molecule has 0 saturated heterocycles. The Balaban J connectivity index is 1.65. The van der Waals surface area contributed by atoms with Gasteiger partial charge in [0.05, 0.1) is 30.1 Å². The lowest BCUT2D eigenvalue weighted by atomic mass is 9.92. The quantitative estimate of drug-likeness (QED) is 0.353. The number of anilines is 1. The Morgan fingerprint density at radius 3 is 2.60 bits per heavy atom. The number of carbonyl (C=O) groups excluding carboxylic acids is 1. The molecule has 1 aliphatic carbocycles. The topological polar surface area (TPSA) is 84.7 Å². The fourth-order valence-corrected chi connectivity index (χ4v) is 5.19. The maximum absolute atomic E-state index is 13.4. The standard InChI is InChI=1S/C24H24F3N3O4S/c1-2-34-23(31)15-29-21-8-5-9-22(19(21)14-28-29)30(35(32)33)17-12-10-16(11-13-17)18-6-3-4-7-20(18)24(25,26)27/h3-4,6-7,10-14,22H,2,5,8-9,15H2,1H3,(H,32,33). The zero-order chi connectivity index (χ0) is 25.2. The number of rotatable bonds is 7. The van der Waals surface area contributed by atoms with E-state index >= 15 is 0 Å². The number of esters is 1. The molecule has 11 heteroatoms. The molecule has 1 heterocycles. The summed E-state index contributed by atoms with van der Waals surface area (Å²) in [6.45, 7) is 1.92. The third kappa shape index (κ3) is 5.25. The maximum atomic E-state index is 13.4. The summed E-state index contributed by atoms with van der Waals surface area (Å²) < 4.78 is 70.7. The minimum Gasteiger partial charge on any atom is -0.465 e. The molecule has 2 unspecified atom stereocenters. The summed E-state index contributed by atoms with van der Waals surface area (Å²) in [5.41, 5.74) is 1.53. The van der Waals surface area contributed by atoms with Crippen molar-refractivity contribution in [3.63, 3.8) is 0 Å². The molecule has 35 heavy (non-hydrogen) atoms. The second-order valence-corrected chi connectivity index (χ2v) is 8.92. The molecule has 0 radical (unpaired) electrons. The van der Waals surface area contributed by atoms with E-state index in [9.17, 15) is 26.7 Å². The molecule has 0 fully saturated rings. The molecular weight excluding hydrogens is 483 g/mol. The van der Waals surface area contributed by atoms with Crippen LogP contribution in [-0.4, -0.2) is 31.1 Å². The van der Waals surface area contributed by atoms with Gasteiger partial charge in [0.1, 0.15) is 6.54 Å². The van der Waals surface area contributed by atoms with Crippen LogP contribution in [0.15, 0.2) is 54.7 Å². The van der Waals surface area contributed by atoms with Crippen molar-refractivity contribution >= 4 is 22.9 Å². The van der Waals surface area contributed by atoms with Crippen LogP contribution in [0.3, 0.4) is 0 Å². The SMILES string of the molecule is CCOC(=O)Cn1ncc2c1CCCC2N(c1ccc(-c2ccccc2C(F)(F)F)cc1)S(=O)O. The van der Waals surface area contributed by atoms with Crippen LogP contribution in [0.2, 0.25) is 0 Å². The summed E-state index contributed by atoms with van der Waals surface area (Å²) in [6, 6.07) is 10.9. The van der Waals surface area contributed by atoms with E-state index in [0.29, 0.717) is 30.5 Å². The molecule has 0 spiro atoms. The van der Waals surface area contributed by atoms with Crippen LogP contribution in [0.5, 0.6) is 0 Å². The van der Waals surface area contributed by atoms with E-state index in [0.717, 1.165) is 17.3 Å². The van der Waals surface area contributed by atoms with Crippen molar-refractivity contribution in [1.29, 1.82) is 0 Å². The monoisotopic (exact) mass is 507 g/mol. The summed E-state index contributed by atoms with van der Waals surface area (Å²) in [5, 5.41) is 4.29. The van der Waals surface area contributed by atoms with Crippen LogP contribution < -0.4 is 4.31 Å². The zero-order valence-corrected chi connectivity index (χ0v) is 19.7. The van der Waals surface area contributed by atoms with Gasteiger partial charge in [-0.3, -0.25) is 18.3 Å². The van der Waals surface area contributed by atoms with E-state index in [-0.39, 0.29) is 18.7 Å². The summed E-state index contributed by atoms with van der Waals surface area (Å²) in [5.74, 6) is -0.419. The van der Waals surface area contributed by atoms with Crippen molar-refractivity contribution in [2.75, 3.05) is 10.9 Å². The summed E-state index contributed by atoms with van der Waals surface area (Å²) >= 11 is -2.41. The molecule has 1 aliphatic rings. The highest BCUT2D eigenvalue weighted by Crippen LogP contribution is 2.40. The lowest BCUT2D eigenvalue weighted by molar-refractivity contribution is -0.144. The van der Waals surface area contributed by atoms with E-state index in [4.69, 9.17) is 4.74 Å². The Kier molecular flexibility index (Phi) is 7.27. The van der Waals surface area contributed by atoms with Crippen molar-refractivity contribution < 1.29 is 31.5 Å². The summed E-state index contributed by atoms with van der Waals surface area (Å²) in [4.78, 5) is 11.9. The summed E-state index contributed by atoms with van der Waals surface area (Å²) in [7, 11) is 0. The van der Waals surface area contributed by atoms with Gasteiger partial charge in [-0.25, -0.2) is 4.21 Å². The van der Waals surface area contributed by atoms with Gasteiger partial charge in [-0.15, -0.1) is 0 Å². The molecule has 7 nitrogen and oxygen atoms in total. The molecule has 186 valence electrons. The fraction of sp³-hybridized carbons (Fsp3) is 0.333. The van der Waals surface area contributed by atoms with E-state index in [2.05, 4.69) is 5.10 Å². The number of alkyl halides is 3. The van der Waals surface area contributed by atoms with Crippen molar-refractivity contribution in [2.45, 2.75) is 44.9 Å². The molecule has 0 bridgehead atoms. The van der Waals surface area contributed by atoms with Crippen LogP contribution >= 0.6 is 0 Å². The van der Waals surface area contributed by atoms with Gasteiger partial charge in [0.25, 0.3) is 11.3 Å². The third-order valence-electron chi connectivity index (χ3n) is 5.93. The van der Waals surface area contributed by atoms with Gasteiger partial charge in [0.15, 0.2) is 0 Å².